The lowest BCUT2D eigenvalue weighted by molar-refractivity contribution is 0.0203. The van der Waals surface area contributed by atoms with Crippen LogP contribution in [0.1, 0.15) is 66.7 Å². The molecule has 2 aliphatic rings. The van der Waals surface area contributed by atoms with Crippen LogP contribution in [0.15, 0.2) is 48.7 Å². The zero-order valence-corrected chi connectivity index (χ0v) is 25.7. The Morgan fingerprint density at radius 3 is 2.14 bits per heavy atom. The van der Waals surface area contributed by atoms with E-state index < -0.39 is 5.60 Å². The summed E-state index contributed by atoms with van der Waals surface area (Å²) < 4.78 is 12.9. The first-order valence-electron chi connectivity index (χ1n) is 14.9. The molecule has 224 valence electrons. The highest BCUT2D eigenvalue weighted by Crippen LogP contribution is 2.34. The van der Waals surface area contributed by atoms with Gasteiger partial charge in [-0.25, -0.2) is 9.48 Å². The van der Waals surface area contributed by atoms with Gasteiger partial charge in [-0.2, -0.15) is 5.10 Å². The van der Waals surface area contributed by atoms with Crippen LogP contribution in [0.2, 0.25) is 0 Å². The van der Waals surface area contributed by atoms with E-state index in [0.29, 0.717) is 31.7 Å². The van der Waals surface area contributed by atoms with Crippen LogP contribution in [0.25, 0.3) is 5.69 Å². The van der Waals surface area contributed by atoms with Crippen molar-refractivity contribution in [1.82, 2.24) is 19.6 Å². The van der Waals surface area contributed by atoms with E-state index >= 15 is 0 Å². The number of methoxy groups -OCH3 is 1. The number of anilines is 1. The van der Waals surface area contributed by atoms with E-state index in [1.165, 1.54) is 16.8 Å². The fourth-order valence-electron chi connectivity index (χ4n) is 5.99. The van der Waals surface area contributed by atoms with Crippen molar-refractivity contribution in [3.05, 3.63) is 71.0 Å². The zero-order chi connectivity index (χ0) is 30.0. The lowest BCUT2D eigenvalue weighted by atomic mass is 9.90. The number of nitrogens with zero attached hydrogens (tertiary/aromatic N) is 5. The Morgan fingerprint density at radius 1 is 0.881 bits per heavy atom. The summed E-state index contributed by atoms with van der Waals surface area (Å²) in [5.41, 5.74) is 5.63. The molecule has 0 radical (unpaired) electrons. The van der Waals surface area contributed by atoms with Crippen LogP contribution in [0.5, 0.6) is 5.75 Å². The zero-order valence-electron chi connectivity index (χ0n) is 25.7. The first kappa shape index (κ1) is 29.5. The molecule has 1 aromatic heterocycles. The van der Waals surface area contributed by atoms with Crippen LogP contribution in [0.3, 0.4) is 0 Å². The standard InChI is InChI=1S/C33H43N5O4/c1-23-7-12-29(24(2)21-23)35-17-19-36(20-18-35)31(39)28-22-34-38(26-8-10-27(41-6)11-9-26)30(28)25-13-15-37(16-14-25)32(40)42-33(3,4)5/h7-12,21-22,25H,13-20H2,1-6H3. The van der Waals surface area contributed by atoms with Crippen molar-refractivity contribution in [2.24, 2.45) is 0 Å². The molecule has 0 atom stereocenters. The van der Waals surface area contributed by atoms with Gasteiger partial charge < -0.3 is 24.2 Å². The van der Waals surface area contributed by atoms with E-state index in [1.807, 2.05) is 54.6 Å². The average molecular weight is 574 g/mol. The first-order valence-corrected chi connectivity index (χ1v) is 14.9. The molecule has 0 N–H and O–H groups in total. The number of piperidine rings is 1. The molecule has 0 unspecified atom stereocenters. The third kappa shape index (κ3) is 6.40. The average Bonchev–Trinajstić information content (AvgIpc) is 3.41. The lowest BCUT2D eigenvalue weighted by Crippen LogP contribution is -2.49. The summed E-state index contributed by atoms with van der Waals surface area (Å²) in [7, 11) is 1.64. The second-order valence-corrected chi connectivity index (χ2v) is 12.4. The number of piperazine rings is 1. The van der Waals surface area contributed by atoms with Crippen LogP contribution in [-0.4, -0.2) is 83.6 Å². The molecule has 0 bridgehead atoms. The number of likely N-dealkylation sites (tertiary alicyclic amines) is 1. The number of hydrogen-bond acceptors (Lipinski definition) is 6. The van der Waals surface area contributed by atoms with Crippen molar-refractivity contribution in [1.29, 1.82) is 0 Å². The Labute approximate surface area is 249 Å². The maximum absolute atomic E-state index is 14.0. The van der Waals surface area contributed by atoms with Crippen LogP contribution >= 0.6 is 0 Å². The number of benzene rings is 2. The van der Waals surface area contributed by atoms with Gasteiger partial charge in [-0.15, -0.1) is 0 Å². The van der Waals surface area contributed by atoms with Gasteiger partial charge in [0.1, 0.15) is 11.4 Å². The molecule has 2 amide bonds. The normalized spacial score (nSPS) is 16.5. The minimum absolute atomic E-state index is 0.0135. The number of aryl methyl sites for hydroxylation is 2. The molecule has 2 saturated heterocycles. The minimum Gasteiger partial charge on any atom is -0.497 e. The van der Waals surface area contributed by atoms with Gasteiger partial charge >= 0.3 is 6.09 Å². The van der Waals surface area contributed by atoms with E-state index in [-0.39, 0.29) is 17.9 Å². The van der Waals surface area contributed by atoms with E-state index in [1.54, 1.807) is 18.2 Å². The molecule has 2 aliphatic heterocycles. The maximum Gasteiger partial charge on any atom is 0.410 e. The van der Waals surface area contributed by atoms with Crippen molar-refractivity contribution >= 4 is 17.7 Å². The molecule has 5 rings (SSSR count). The monoisotopic (exact) mass is 573 g/mol. The Morgan fingerprint density at radius 2 is 1.55 bits per heavy atom. The van der Waals surface area contributed by atoms with Gasteiger partial charge in [-0.05, 0) is 83.4 Å². The van der Waals surface area contributed by atoms with Crippen LogP contribution in [0.4, 0.5) is 10.5 Å². The van der Waals surface area contributed by atoms with Crippen molar-refractivity contribution in [2.75, 3.05) is 51.3 Å². The van der Waals surface area contributed by atoms with Gasteiger partial charge in [0.15, 0.2) is 0 Å². The van der Waals surface area contributed by atoms with Crippen LogP contribution in [0, 0.1) is 13.8 Å². The molecule has 3 aromatic rings. The molecule has 2 fully saturated rings. The van der Waals surface area contributed by atoms with Gasteiger partial charge in [-0.3, -0.25) is 4.79 Å². The molecule has 9 nitrogen and oxygen atoms in total. The number of rotatable bonds is 5. The fraction of sp³-hybridized carbons (Fsp3) is 0.485. The maximum atomic E-state index is 14.0. The molecule has 42 heavy (non-hydrogen) atoms. The smallest absolute Gasteiger partial charge is 0.410 e. The summed E-state index contributed by atoms with van der Waals surface area (Å²) in [4.78, 5) is 32.8. The fourth-order valence-corrected chi connectivity index (χ4v) is 5.99. The number of amides is 2. The molecule has 3 heterocycles. The van der Waals surface area contributed by atoms with Gasteiger partial charge in [0.2, 0.25) is 0 Å². The van der Waals surface area contributed by atoms with E-state index in [9.17, 15) is 9.59 Å². The summed E-state index contributed by atoms with van der Waals surface area (Å²) in [6, 6.07) is 14.3. The highest BCUT2D eigenvalue weighted by molar-refractivity contribution is 5.95. The molecule has 0 spiro atoms. The lowest BCUT2D eigenvalue weighted by Gasteiger charge is -2.37. The largest absolute Gasteiger partial charge is 0.497 e. The quantitative estimate of drug-likeness (QED) is 0.397. The van der Waals surface area contributed by atoms with Gasteiger partial charge in [-0.1, -0.05) is 17.7 Å². The predicted octanol–water partition coefficient (Wildman–Crippen LogP) is 5.57. The number of ether oxygens (including phenoxy) is 2. The summed E-state index contributed by atoms with van der Waals surface area (Å²) in [5, 5.41) is 4.73. The summed E-state index contributed by atoms with van der Waals surface area (Å²) in [6.45, 7) is 13.9. The number of carbonyl (C=O) groups is 2. The molecule has 9 heteroatoms. The summed E-state index contributed by atoms with van der Waals surface area (Å²) in [5.74, 6) is 0.847. The SMILES string of the molecule is COc1ccc(-n2ncc(C(=O)N3CCN(c4ccc(C)cc4C)CC3)c2C2CCN(C(=O)OC(C)(C)C)CC2)cc1. The second kappa shape index (κ2) is 12.1. The Balaban J connectivity index is 1.36. The summed E-state index contributed by atoms with van der Waals surface area (Å²) in [6.07, 6.45) is 2.88. The predicted molar refractivity (Wildman–Crippen MR) is 164 cm³/mol. The minimum atomic E-state index is -0.539. The van der Waals surface area contributed by atoms with Gasteiger partial charge in [0, 0.05) is 50.9 Å². The van der Waals surface area contributed by atoms with E-state index in [0.717, 1.165) is 43.1 Å². The number of carbonyl (C=O) groups excluding carboxylic acids is 2. The molecular weight excluding hydrogens is 530 g/mol. The van der Waals surface area contributed by atoms with E-state index in [2.05, 4.69) is 36.9 Å². The molecular formula is C33H43N5O4. The third-order valence-electron chi connectivity index (χ3n) is 8.15. The van der Waals surface area contributed by atoms with Gasteiger partial charge in [0.25, 0.3) is 5.91 Å². The highest BCUT2D eigenvalue weighted by Gasteiger charge is 2.34. The molecule has 2 aromatic carbocycles. The number of aromatic nitrogens is 2. The Bertz CT molecular complexity index is 1410. The van der Waals surface area contributed by atoms with Crippen molar-refractivity contribution in [2.45, 2.75) is 59.0 Å². The van der Waals surface area contributed by atoms with Crippen LogP contribution < -0.4 is 9.64 Å². The molecule has 0 aliphatic carbocycles. The second-order valence-electron chi connectivity index (χ2n) is 12.4. The van der Waals surface area contributed by atoms with E-state index in [4.69, 9.17) is 14.6 Å². The van der Waals surface area contributed by atoms with Crippen molar-refractivity contribution in [3.63, 3.8) is 0 Å². The third-order valence-corrected chi connectivity index (χ3v) is 8.15. The van der Waals surface area contributed by atoms with Crippen molar-refractivity contribution in [3.8, 4) is 11.4 Å². The summed E-state index contributed by atoms with van der Waals surface area (Å²) >= 11 is 0. The highest BCUT2D eigenvalue weighted by atomic mass is 16.6. The Kier molecular flexibility index (Phi) is 8.48. The van der Waals surface area contributed by atoms with Crippen molar-refractivity contribution < 1.29 is 19.1 Å². The topological polar surface area (TPSA) is 80.1 Å². The van der Waals surface area contributed by atoms with Crippen LogP contribution in [-0.2, 0) is 4.74 Å². The number of hydrogen-bond donors (Lipinski definition) is 0. The first-order chi connectivity index (χ1) is 20.0. The van der Waals surface area contributed by atoms with Gasteiger partial charge in [0.05, 0.1) is 30.3 Å². The Hall–Kier alpha value is -4.01. The molecule has 0 saturated carbocycles.